The van der Waals surface area contributed by atoms with Crippen molar-refractivity contribution in [2.45, 2.75) is 58.5 Å². The lowest BCUT2D eigenvalue weighted by atomic mass is 9.82. The van der Waals surface area contributed by atoms with Gasteiger partial charge in [0.25, 0.3) is 0 Å². The Morgan fingerprint density at radius 3 is 1.19 bits per heavy atom. The molecule has 0 bridgehead atoms. The molecule has 0 fully saturated rings. The lowest BCUT2D eigenvalue weighted by molar-refractivity contribution is 0.661. The van der Waals surface area contributed by atoms with Gasteiger partial charge in [-0.15, -0.1) is 0 Å². The summed E-state index contributed by atoms with van der Waals surface area (Å²) in [6, 6.07) is 152. The van der Waals surface area contributed by atoms with Crippen molar-refractivity contribution in [3.63, 3.8) is 0 Å². The van der Waals surface area contributed by atoms with Crippen molar-refractivity contribution < 1.29 is 0 Å². The fourth-order valence-corrected chi connectivity index (χ4v) is 35.6. The van der Waals surface area contributed by atoms with Gasteiger partial charge in [-0.2, -0.15) is 0 Å². The number of rotatable bonds is 9. The lowest BCUT2D eigenvalue weighted by Gasteiger charge is -2.21. The van der Waals surface area contributed by atoms with Crippen molar-refractivity contribution in [3.05, 3.63) is 473 Å². The van der Waals surface area contributed by atoms with E-state index in [1.165, 1.54) is 142 Å². The summed E-state index contributed by atoms with van der Waals surface area (Å²) in [5.74, 6) is 3.28. The van der Waals surface area contributed by atoms with E-state index >= 15 is 0 Å². The van der Waals surface area contributed by atoms with Crippen LogP contribution in [0.1, 0.15) is 25.0 Å². The minimum absolute atomic E-state index is 0.0118. The number of benzene rings is 17. The normalized spacial score (nSPS) is 13.7. The van der Waals surface area contributed by atoms with E-state index in [4.69, 9.17) is 29.9 Å². The molecule has 12 nitrogen and oxygen atoms in total. The highest BCUT2D eigenvalue weighted by Crippen LogP contribution is 2.52. The Balaban J connectivity index is 0.0000000966. The van der Waals surface area contributed by atoms with E-state index in [-0.39, 0.29) is 5.41 Å². The van der Waals surface area contributed by atoms with Crippen LogP contribution in [0.15, 0.2) is 462 Å². The molecule has 149 heavy (non-hydrogen) atoms. The Bertz CT molecular complexity index is 9940. The number of hydrogen-bond donors (Lipinski definition) is 0. The van der Waals surface area contributed by atoms with Crippen molar-refractivity contribution >= 4 is 164 Å². The average molecular weight is 1960 g/mol. The van der Waals surface area contributed by atoms with Gasteiger partial charge in [-0.05, 0) is 212 Å². The number of nitrogens with zero attached hydrogens (tertiary/aromatic N) is 12. The summed E-state index contributed by atoms with van der Waals surface area (Å²) < 4.78 is 11.2. The molecule has 10 aromatic heterocycles. The first-order chi connectivity index (χ1) is 73.0. The van der Waals surface area contributed by atoms with Crippen molar-refractivity contribution in [3.8, 4) is 119 Å². The first-order valence-corrected chi connectivity index (χ1v) is 60.4. The summed E-state index contributed by atoms with van der Waals surface area (Å²) in [6.07, 6.45) is 12.4. The van der Waals surface area contributed by atoms with E-state index in [0.717, 1.165) is 100 Å². The summed E-state index contributed by atoms with van der Waals surface area (Å²) in [5.41, 5.74) is 33.5. The van der Waals surface area contributed by atoms with Crippen molar-refractivity contribution in [1.29, 1.82) is 0 Å². The van der Waals surface area contributed by atoms with Crippen molar-refractivity contribution in [2.75, 3.05) is 0 Å². The largest absolute Gasteiger partial charge is 0.309 e. The maximum Gasteiger partial charge on any atom is 0.235 e. The van der Waals surface area contributed by atoms with Crippen LogP contribution in [-0.4, -0.2) is 81.9 Å². The van der Waals surface area contributed by atoms with E-state index in [2.05, 4.69) is 506 Å². The Morgan fingerprint density at radius 1 is 0.235 bits per heavy atom. The second-order valence-electron chi connectivity index (χ2n) is 41.9. The molecule has 1 aliphatic carbocycles. The second-order valence-corrected chi connectivity index (χ2v) is 54.7. The lowest BCUT2D eigenvalue weighted by Crippen LogP contribution is -2.49. The molecule has 4 aliphatic rings. The van der Waals surface area contributed by atoms with Gasteiger partial charge in [0.2, 0.25) is 11.9 Å². The van der Waals surface area contributed by atoms with Crippen LogP contribution >= 0.6 is 0 Å². The first-order valence-electron chi connectivity index (χ1n) is 51.4. The standard InChI is InChI=1S/C42H30N4Si.C31H23N3.C31H24N2Si.C30H23N3Si/c1-47(2)39-19-11-8-15-30(39)31-21-23-36-33(41(31)47)24-25-45(36)42-43-35-17-9-6-16-32(35)40(44-42)27-20-22-38-34(26-27)29-14-7-10-18-37(29)46(38)28-12-4-3-5-13-28;1-31(2)24-14-8-6-12-21(24)28-23-18-19-34(27(23)17-16-25(28)31)30-32-26-15-9-7-13-22(26)29(33-30)20-10-4-3-5-11-20;1-34(2)28-15-9-8-14-24(28)25-16-17-27-26(31(25)34)18-19-33(27)29-20-22-12-6-7-13-23(22)30(32-29)21-10-4-3-5-11-21;1-34(2)28-11-7-6-10-21(28)22-12-13-27-23(30(22)34)15-17-33(27)29-18-24(20-8-4-3-5-9-20)25-19-31-16-14-26(25)32-29/h3-26H,1-2H3;3-19H,1-2H3;3-20H,1-2H3;3-19H,1-2H3. The Hall–Kier alpha value is -18.0. The molecule has 0 radical (unpaired) electrons. The Morgan fingerprint density at radius 2 is 0.638 bits per heavy atom. The SMILES string of the molecule is CC1(C)c2ccccc2-c2c1ccc1c2ccn1-c1nc(-c2ccccc2)c2ccccc2n1.C[Si]1(C)c2ccccc2-c2ccc3c(ccn3-c3cc(-c4ccccc4)c4cnccc4n3)c21.C[Si]1(C)c2ccccc2-c2ccc3c(ccn3-c3cc4ccccc4c(-c4ccccc4)n3)c21.C[Si]1(C)c2ccccc2-c2ccc3c(ccn3-c3nc(-c4ccc5c(c4)c4ccccc4n5-c4ccccc4)c4ccccc4n3)c21. The van der Waals surface area contributed by atoms with Crippen LogP contribution in [0.25, 0.3) is 228 Å². The second kappa shape index (κ2) is 34.3. The molecular formula is C134H100N12Si3. The monoisotopic (exact) mass is 1960 g/mol. The molecule has 27 aromatic rings. The van der Waals surface area contributed by atoms with Crippen molar-refractivity contribution in [2.24, 2.45) is 0 Å². The summed E-state index contributed by atoms with van der Waals surface area (Å²) in [7, 11) is -5.43. The topological polar surface area (TPSA) is 115 Å². The van der Waals surface area contributed by atoms with Crippen LogP contribution in [0, 0.1) is 0 Å². The van der Waals surface area contributed by atoms with Gasteiger partial charge in [0, 0.05) is 119 Å². The molecule has 0 saturated heterocycles. The minimum Gasteiger partial charge on any atom is -0.309 e. The van der Waals surface area contributed by atoms with Crippen LogP contribution < -0.4 is 31.1 Å². The van der Waals surface area contributed by atoms with Crippen molar-refractivity contribution in [1.82, 2.24) is 57.7 Å². The van der Waals surface area contributed by atoms with E-state index < -0.39 is 24.2 Å². The molecule has 0 amide bonds. The zero-order valence-electron chi connectivity index (χ0n) is 83.7. The third kappa shape index (κ3) is 14.0. The molecule has 17 aromatic carbocycles. The van der Waals surface area contributed by atoms with Crippen LogP contribution in [0.4, 0.5) is 0 Å². The molecule has 0 unspecified atom stereocenters. The Kier molecular flexibility index (Phi) is 20.4. The van der Waals surface area contributed by atoms with Crippen LogP contribution in [-0.2, 0) is 5.41 Å². The van der Waals surface area contributed by atoms with Gasteiger partial charge in [-0.25, -0.2) is 29.9 Å². The van der Waals surface area contributed by atoms with E-state index in [1.807, 2.05) is 36.7 Å². The highest BCUT2D eigenvalue weighted by atomic mass is 28.3. The molecule has 31 rings (SSSR count). The number of para-hydroxylation sites is 4. The van der Waals surface area contributed by atoms with Gasteiger partial charge in [0.05, 0.1) is 66.7 Å². The predicted octanol–water partition coefficient (Wildman–Crippen LogP) is 29.4. The average Bonchev–Trinajstić information content (AvgIpc) is 1.56. The fraction of sp³-hybridized carbons (Fsp3) is 0.0672. The summed E-state index contributed by atoms with van der Waals surface area (Å²) >= 11 is 0. The van der Waals surface area contributed by atoms with E-state index in [0.29, 0.717) is 11.9 Å². The van der Waals surface area contributed by atoms with Gasteiger partial charge in [-0.3, -0.25) is 14.1 Å². The van der Waals surface area contributed by atoms with Crippen LogP contribution in [0.2, 0.25) is 39.3 Å². The number of pyridine rings is 3. The zero-order chi connectivity index (χ0) is 99.9. The molecule has 3 aliphatic heterocycles. The maximum atomic E-state index is 5.34. The molecule has 708 valence electrons. The number of aromatic nitrogens is 12. The molecule has 15 heteroatoms. The van der Waals surface area contributed by atoms with Gasteiger partial charge >= 0.3 is 0 Å². The van der Waals surface area contributed by atoms with Gasteiger partial charge in [0.15, 0.2) is 0 Å². The van der Waals surface area contributed by atoms with E-state index in [1.54, 1.807) is 15.6 Å². The third-order valence-corrected chi connectivity index (χ3v) is 42.9. The number of fused-ring (bicyclic) bond motifs is 27. The third-order valence-electron chi connectivity index (χ3n) is 32.1. The molecule has 0 atom stereocenters. The smallest absolute Gasteiger partial charge is 0.235 e. The van der Waals surface area contributed by atoms with Crippen LogP contribution in [0.5, 0.6) is 0 Å². The molecule has 0 N–H and O–H groups in total. The zero-order valence-corrected chi connectivity index (χ0v) is 86.7. The molecule has 0 saturated carbocycles. The minimum atomic E-state index is -1.87. The first kappa shape index (κ1) is 88.7. The van der Waals surface area contributed by atoms with E-state index in [9.17, 15) is 0 Å². The van der Waals surface area contributed by atoms with Gasteiger partial charge < -0.3 is 13.7 Å². The highest BCUT2D eigenvalue weighted by molar-refractivity contribution is 7.06. The Labute approximate surface area is 865 Å². The fourth-order valence-electron chi connectivity index (χ4n) is 25.2. The molecule has 0 spiro atoms. The highest BCUT2D eigenvalue weighted by Gasteiger charge is 2.43. The number of hydrogen-bond acceptors (Lipinski definition) is 7. The molecule has 13 heterocycles. The van der Waals surface area contributed by atoms with Gasteiger partial charge in [0.1, 0.15) is 35.9 Å². The molecular weight excluding hydrogens is 1860 g/mol. The quantitative estimate of drug-likeness (QED) is 0.132. The maximum absolute atomic E-state index is 5.34. The van der Waals surface area contributed by atoms with Gasteiger partial charge in [-0.1, -0.05) is 369 Å². The summed E-state index contributed by atoms with van der Waals surface area (Å²) in [6.45, 7) is 19.5. The predicted molar refractivity (Wildman–Crippen MR) is 628 cm³/mol. The van der Waals surface area contributed by atoms with Crippen LogP contribution in [0.3, 0.4) is 0 Å². The summed E-state index contributed by atoms with van der Waals surface area (Å²) in [5, 5.41) is 22.5. The summed E-state index contributed by atoms with van der Waals surface area (Å²) in [4.78, 5) is 35.2.